The summed E-state index contributed by atoms with van der Waals surface area (Å²) in [6.07, 6.45) is 1.32. The molecule has 21 heavy (non-hydrogen) atoms. The number of aryl methyl sites for hydroxylation is 2. The predicted molar refractivity (Wildman–Crippen MR) is 79.0 cm³/mol. The van der Waals surface area contributed by atoms with Crippen LogP contribution in [0.25, 0.3) is 0 Å². The van der Waals surface area contributed by atoms with Crippen molar-refractivity contribution in [1.82, 2.24) is 10.5 Å². The van der Waals surface area contributed by atoms with Crippen molar-refractivity contribution in [2.24, 2.45) is 0 Å². The van der Waals surface area contributed by atoms with Gasteiger partial charge in [-0.1, -0.05) is 35.5 Å². The van der Waals surface area contributed by atoms with Crippen LogP contribution >= 0.6 is 0 Å². The van der Waals surface area contributed by atoms with Crippen LogP contribution in [0.3, 0.4) is 0 Å². The zero-order valence-corrected chi connectivity index (χ0v) is 12.3. The number of hydrogen-bond acceptors (Lipinski definition) is 4. The lowest BCUT2D eigenvalue weighted by Crippen LogP contribution is -2.41. The van der Waals surface area contributed by atoms with Gasteiger partial charge >= 0.3 is 0 Å². The van der Waals surface area contributed by atoms with Crippen LogP contribution in [-0.4, -0.2) is 28.3 Å². The van der Waals surface area contributed by atoms with E-state index < -0.39 is 5.60 Å². The van der Waals surface area contributed by atoms with Gasteiger partial charge < -0.3 is 14.9 Å². The number of benzene rings is 1. The van der Waals surface area contributed by atoms with Gasteiger partial charge in [0.15, 0.2) is 5.69 Å². The highest BCUT2D eigenvalue weighted by molar-refractivity contribution is 5.92. The number of aromatic nitrogens is 1. The van der Waals surface area contributed by atoms with Gasteiger partial charge in [-0.15, -0.1) is 0 Å². The highest BCUT2D eigenvalue weighted by atomic mass is 16.5. The molecule has 2 N–H and O–H groups in total. The Morgan fingerprint density at radius 3 is 2.71 bits per heavy atom. The highest BCUT2D eigenvalue weighted by Gasteiger charge is 2.22. The van der Waals surface area contributed by atoms with E-state index in [0.717, 1.165) is 12.0 Å². The second kappa shape index (κ2) is 6.54. The smallest absolute Gasteiger partial charge is 0.273 e. The number of amides is 1. The molecule has 0 aliphatic rings. The Morgan fingerprint density at radius 1 is 1.38 bits per heavy atom. The minimum atomic E-state index is -0.968. The van der Waals surface area contributed by atoms with Crippen LogP contribution < -0.4 is 5.32 Å². The van der Waals surface area contributed by atoms with E-state index in [4.69, 9.17) is 4.52 Å². The zero-order valence-electron chi connectivity index (χ0n) is 12.3. The molecule has 0 aliphatic carbocycles. The van der Waals surface area contributed by atoms with E-state index in [9.17, 15) is 9.90 Å². The Hall–Kier alpha value is -2.14. The first-order chi connectivity index (χ1) is 9.96. The van der Waals surface area contributed by atoms with Crippen LogP contribution in [0.2, 0.25) is 0 Å². The molecule has 1 atom stereocenters. The Kier molecular flexibility index (Phi) is 4.75. The third-order valence-corrected chi connectivity index (χ3v) is 3.29. The molecule has 1 amide bonds. The van der Waals surface area contributed by atoms with Crippen molar-refractivity contribution in [2.45, 2.75) is 32.3 Å². The zero-order chi connectivity index (χ0) is 15.3. The van der Waals surface area contributed by atoms with Gasteiger partial charge in [0.05, 0.1) is 5.60 Å². The van der Waals surface area contributed by atoms with Crippen LogP contribution in [-0.2, 0) is 6.42 Å². The number of hydrogen-bond donors (Lipinski definition) is 2. The van der Waals surface area contributed by atoms with Crippen molar-refractivity contribution in [3.05, 3.63) is 53.4 Å². The summed E-state index contributed by atoms with van der Waals surface area (Å²) < 4.78 is 4.85. The van der Waals surface area contributed by atoms with E-state index in [0.29, 0.717) is 12.2 Å². The minimum absolute atomic E-state index is 0.171. The maximum atomic E-state index is 11.8. The van der Waals surface area contributed by atoms with Crippen LogP contribution in [0.15, 0.2) is 40.9 Å². The quantitative estimate of drug-likeness (QED) is 0.853. The minimum Gasteiger partial charge on any atom is -0.388 e. The molecule has 1 aromatic heterocycles. The molecule has 0 spiro atoms. The van der Waals surface area contributed by atoms with Crippen LogP contribution in [0, 0.1) is 6.92 Å². The molecule has 0 fully saturated rings. The second-order valence-electron chi connectivity index (χ2n) is 5.49. The molecular weight excluding hydrogens is 268 g/mol. The first-order valence-electron chi connectivity index (χ1n) is 6.94. The second-order valence-corrected chi connectivity index (χ2v) is 5.49. The lowest BCUT2D eigenvalue weighted by Gasteiger charge is -2.23. The number of nitrogens with one attached hydrogen (secondary N) is 1. The molecule has 2 aromatic rings. The van der Waals surface area contributed by atoms with Gasteiger partial charge in [0.25, 0.3) is 5.91 Å². The lowest BCUT2D eigenvalue weighted by atomic mass is 9.97. The number of rotatable bonds is 6. The first kappa shape index (κ1) is 15.3. The van der Waals surface area contributed by atoms with Gasteiger partial charge in [0.1, 0.15) is 5.76 Å². The molecular formula is C16H20N2O3. The van der Waals surface area contributed by atoms with Crippen LogP contribution in [0.5, 0.6) is 0 Å². The monoisotopic (exact) mass is 288 g/mol. The van der Waals surface area contributed by atoms with Crippen molar-refractivity contribution in [3.8, 4) is 0 Å². The van der Waals surface area contributed by atoms with E-state index in [1.54, 1.807) is 19.9 Å². The molecule has 0 aliphatic heterocycles. The lowest BCUT2D eigenvalue weighted by molar-refractivity contribution is 0.0476. The standard InChI is InChI=1S/C16H20N2O3/c1-12-10-14(18-21-12)15(19)17-11-16(2,20)9-8-13-6-4-3-5-7-13/h3-7,10,20H,8-9,11H2,1-2H3,(H,17,19)/t16-/m1/s1. The summed E-state index contributed by atoms with van der Waals surface area (Å²) in [6.45, 7) is 3.61. The van der Waals surface area contributed by atoms with Crippen molar-refractivity contribution in [2.75, 3.05) is 6.54 Å². The maximum Gasteiger partial charge on any atom is 0.273 e. The average Bonchev–Trinajstić information content (AvgIpc) is 2.91. The summed E-state index contributed by atoms with van der Waals surface area (Å²) >= 11 is 0. The maximum absolute atomic E-state index is 11.8. The molecule has 1 heterocycles. The molecule has 5 nitrogen and oxygen atoms in total. The van der Waals surface area contributed by atoms with E-state index in [1.165, 1.54) is 0 Å². The third-order valence-electron chi connectivity index (χ3n) is 3.29. The highest BCUT2D eigenvalue weighted by Crippen LogP contribution is 2.13. The Labute approximate surface area is 124 Å². The van der Waals surface area contributed by atoms with E-state index in [1.807, 2.05) is 30.3 Å². The summed E-state index contributed by atoms with van der Waals surface area (Å²) in [6, 6.07) is 11.5. The molecule has 112 valence electrons. The average molecular weight is 288 g/mol. The molecule has 2 rings (SSSR count). The third kappa shape index (κ3) is 4.72. The molecule has 5 heteroatoms. The molecule has 0 unspecified atom stereocenters. The van der Waals surface area contributed by atoms with Crippen molar-refractivity contribution < 1.29 is 14.4 Å². The van der Waals surface area contributed by atoms with Gasteiger partial charge in [-0.05, 0) is 32.3 Å². The van der Waals surface area contributed by atoms with Gasteiger partial charge in [-0.3, -0.25) is 4.79 Å². The summed E-state index contributed by atoms with van der Waals surface area (Å²) in [5.41, 5.74) is 0.423. The SMILES string of the molecule is Cc1cc(C(=O)NC[C@](C)(O)CCc2ccccc2)no1. The van der Waals surface area contributed by atoms with Crippen molar-refractivity contribution in [3.63, 3.8) is 0 Å². The predicted octanol–water partition coefficient (Wildman–Crippen LogP) is 2.10. The Morgan fingerprint density at radius 2 is 2.10 bits per heavy atom. The van der Waals surface area contributed by atoms with Crippen molar-refractivity contribution >= 4 is 5.91 Å². The molecule has 0 saturated carbocycles. The number of carbonyl (C=O) groups is 1. The van der Waals surface area contributed by atoms with Gasteiger partial charge in [0.2, 0.25) is 0 Å². The van der Waals surface area contributed by atoms with E-state index >= 15 is 0 Å². The Bertz CT molecular complexity index is 591. The molecule has 0 saturated heterocycles. The summed E-state index contributed by atoms with van der Waals surface area (Å²) in [5, 5.41) is 16.6. The van der Waals surface area contributed by atoms with Gasteiger partial charge in [-0.25, -0.2) is 0 Å². The normalized spacial score (nSPS) is 13.7. The fourth-order valence-corrected chi connectivity index (χ4v) is 1.98. The fraction of sp³-hybridized carbons (Fsp3) is 0.375. The van der Waals surface area contributed by atoms with Crippen LogP contribution in [0.4, 0.5) is 0 Å². The van der Waals surface area contributed by atoms with Crippen molar-refractivity contribution in [1.29, 1.82) is 0 Å². The van der Waals surface area contributed by atoms with Gasteiger partial charge in [0, 0.05) is 12.6 Å². The van der Waals surface area contributed by atoms with Crippen LogP contribution in [0.1, 0.15) is 35.2 Å². The topological polar surface area (TPSA) is 75.4 Å². The first-order valence-corrected chi connectivity index (χ1v) is 6.94. The van der Waals surface area contributed by atoms with E-state index in [2.05, 4.69) is 10.5 Å². The van der Waals surface area contributed by atoms with E-state index in [-0.39, 0.29) is 18.1 Å². The summed E-state index contributed by atoms with van der Waals surface area (Å²) in [7, 11) is 0. The number of carbonyl (C=O) groups excluding carboxylic acids is 1. The largest absolute Gasteiger partial charge is 0.388 e. The Balaban J connectivity index is 1.82. The number of aliphatic hydroxyl groups is 1. The number of nitrogens with zero attached hydrogens (tertiary/aromatic N) is 1. The summed E-state index contributed by atoms with van der Waals surface area (Å²) in [5.74, 6) is 0.239. The molecule has 1 aromatic carbocycles. The summed E-state index contributed by atoms with van der Waals surface area (Å²) in [4.78, 5) is 11.8. The fourth-order valence-electron chi connectivity index (χ4n) is 1.98. The van der Waals surface area contributed by atoms with Gasteiger partial charge in [-0.2, -0.15) is 0 Å². The molecule has 0 bridgehead atoms. The molecule has 0 radical (unpaired) electrons.